The lowest BCUT2D eigenvalue weighted by atomic mass is 9.95. The number of sulfone groups is 1. The van der Waals surface area contributed by atoms with Crippen LogP contribution in [0.1, 0.15) is 25.7 Å². The van der Waals surface area contributed by atoms with E-state index in [0.717, 1.165) is 18.2 Å². The van der Waals surface area contributed by atoms with E-state index < -0.39 is 44.2 Å². The van der Waals surface area contributed by atoms with Gasteiger partial charge in [-0.15, -0.1) is 0 Å². The molecule has 2 fully saturated rings. The number of aliphatic hydroxyl groups is 1. The number of benzene rings is 1. The Morgan fingerprint density at radius 1 is 1.42 bits per heavy atom. The van der Waals surface area contributed by atoms with Gasteiger partial charge in [0.05, 0.1) is 21.2 Å². The van der Waals surface area contributed by atoms with Crippen molar-refractivity contribution in [3.05, 3.63) is 29.0 Å². The summed E-state index contributed by atoms with van der Waals surface area (Å²) < 4.78 is 39.0. The maximum Gasteiger partial charge on any atom is 0.224 e. The fourth-order valence-corrected chi connectivity index (χ4v) is 5.85. The molecule has 3 atom stereocenters. The van der Waals surface area contributed by atoms with Crippen molar-refractivity contribution in [2.24, 2.45) is 11.8 Å². The summed E-state index contributed by atoms with van der Waals surface area (Å²) in [4.78, 5) is 12.3. The van der Waals surface area contributed by atoms with Crippen molar-refractivity contribution in [3.8, 4) is 6.07 Å². The standard InChI is InChI=1S/C17H18ClFN2O4S/c18-14-6-11(19)1-2-15(14)26(24,25)12-5-10(8-22)13(7-12)16(23)21-17(9-20)3-4-17/h1-2,6,10,12-13,22H,3-5,7-8H2,(H,21,23)/t10-,12?,13+/m0/s1. The Hall–Kier alpha value is -1.69. The van der Waals surface area contributed by atoms with Gasteiger partial charge < -0.3 is 10.4 Å². The van der Waals surface area contributed by atoms with Gasteiger partial charge in [-0.2, -0.15) is 5.26 Å². The summed E-state index contributed by atoms with van der Waals surface area (Å²) in [7, 11) is -3.88. The van der Waals surface area contributed by atoms with Gasteiger partial charge in [-0.3, -0.25) is 4.79 Å². The summed E-state index contributed by atoms with van der Waals surface area (Å²) in [5.41, 5.74) is -0.853. The monoisotopic (exact) mass is 400 g/mol. The summed E-state index contributed by atoms with van der Waals surface area (Å²) in [6, 6.07) is 5.12. The first-order chi connectivity index (χ1) is 12.2. The molecule has 26 heavy (non-hydrogen) atoms. The smallest absolute Gasteiger partial charge is 0.224 e. The molecule has 6 nitrogen and oxygen atoms in total. The number of nitrogens with zero attached hydrogens (tertiary/aromatic N) is 1. The van der Waals surface area contributed by atoms with Gasteiger partial charge in [-0.05, 0) is 49.8 Å². The Kier molecular flexibility index (Phi) is 4.99. The summed E-state index contributed by atoms with van der Waals surface area (Å²) in [6.45, 7) is -0.333. The predicted molar refractivity (Wildman–Crippen MR) is 91.4 cm³/mol. The van der Waals surface area contributed by atoms with Crippen LogP contribution in [-0.4, -0.2) is 36.8 Å². The van der Waals surface area contributed by atoms with Gasteiger partial charge in [0.15, 0.2) is 9.84 Å². The average Bonchev–Trinajstić information content (AvgIpc) is 3.20. The van der Waals surface area contributed by atoms with Crippen LogP contribution in [0.3, 0.4) is 0 Å². The molecule has 2 aliphatic carbocycles. The lowest BCUT2D eigenvalue weighted by Gasteiger charge is -2.18. The number of halogens is 2. The highest BCUT2D eigenvalue weighted by atomic mass is 35.5. The van der Waals surface area contributed by atoms with Crippen LogP contribution in [0.15, 0.2) is 23.1 Å². The molecule has 0 aromatic heterocycles. The molecule has 140 valence electrons. The third-order valence-corrected chi connectivity index (χ3v) is 7.84. The second-order valence-corrected chi connectivity index (χ2v) is 9.55. The molecule has 0 heterocycles. The first kappa shape index (κ1) is 19.1. The highest BCUT2D eigenvalue weighted by Gasteiger charge is 2.49. The number of nitriles is 1. The van der Waals surface area contributed by atoms with E-state index in [1.165, 1.54) is 0 Å². The fraction of sp³-hybridized carbons (Fsp3) is 0.529. The summed E-state index contributed by atoms with van der Waals surface area (Å²) >= 11 is 5.89. The minimum absolute atomic E-state index is 0.0224. The van der Waals surface area contributed by atoms with Crippen LogP contribution in [0.2, 0.25) is 5.02 Å². The first-order valence-corrected chi connectivity index (χ1v) is 10.2. The third kappa shape index (κ3) is 3.43. The third-order valence-electron chi connectivity index (χ3n) is 5.19. The van der Waals surface area contributed by atoms with Gasteiger partial charge in [-0.1, -0.05) is 11.6 Å². The molecule has 2 saturated carbocycles. The Balaban J connectivity index is 1.81. The lowest BCUT2D eigenvalue weighted by Crippen LogP contribution is -2.41. The fourth-order valence-electron chi connectivity index (χ4n) is 3.45. The molecule has 1 unspecified atom stereocenters. The number of hydrogen-bond donors (Lipinski definition) is 2. The minimum atomic E-state index is -3.88. The average molecular weight is 401 g/mol. The molecule has 0 aliphatic heterocycles. The second-order valence-electron chi connectivity index (χ2n) is 6.95. The van der Waals surface area contributed by atoms with Gasteiger partial charge in [0.1, 0.15) is 11.4 Å². The maximum atomic E-state index is 13.2. The van der Waals surface area contributed by atoms with Crippen LogP contribution in [0.5, 0.6) is 0 Å². The normalized spacial score (nSPS) is 26.9. The molecule has 1 aromatic rings. The van der Waals surface area contributed by atoms with Crippen molar-refractivity contribution < 1.29 is 22.7 Å². The van der Waals surface area contributed by atoms with Crippen molar-refractivity contribution in [1.29, 1.82) is 5.26 Å². The van der Waals surface area contributed by atoms with Gasteiger partial charge in [0, 0.05) is 12.5 Å². The molecule has 0 spiro atoms. The van der Waals surface area contributed by atoms with E-state index >= 15 is 0 Å². The number of amides is 1. The summed E-state index contributed by atoms with van der Waals surface area (Å²) in [5.74, 6) is -2.28. The van der Waals surface area contributed by atoms with Crippen molar-refractivity contribution in [2.45, 2.75) is 41.4 Å². The Morgan fingerprint density at radius 2 is 2.12 bits per heavy atom. The summed E-state index contributed by atoms with van der Waals surface area (Å²) in [6.07, 6.45) is 1.26. The first-order valence-electron chi connectivity index (χ1n) is 8.25. The van der Waals surface area contributed by atoms with E-state index in [9.17, 15) is 22.7 Å². The molecule has 2 N–H and O–H groups in total. The highest BCUT2D eigenvalue weighted by molar-refractivity contribution is 7.92. The molecule has 1 amide bonds. The molecule has 0 bridgehead atoms. The zero-order chi connectivity index (χ0) is 19.1. The molecule has 0 radical (unpaired) electrons. The van der Waals surface area contributed by atoms with Crippen molar-refractivity contribution >= 4 is 27.3 Å². The molecule has 9 heteroatoms. The molecular weight excluding hydrogens is 383 g/mol. The van der Waals surface area contributed by atoms with E-state index in [0.29, 0.717) is 12.8 Å². The van der Waals surface area contributed by atoms with E-state index in [-0.39, 0.29) is 29.4 Å². The van der Waals surface area contributed by atoms with E-state index in [1.807, 2.05) is 0 Å². The summed E-state index contributed by atoms with van der Waals surface area (Å²) in [5, 5.41) is 20.2. The quantitative estimate of drug-likeness (QED) is 0.733. The van der Waals surface area contributed by atoms with Crippen LogP contribution in [0.4, 0.5) is 4.39 Å². The highest BCUT2D eigenvalue weighted by Crippen LogP contribution is 2.41. The molecule has 3 rings (SSSR count). The number of nitrogens with one attached hydrogen (secondary N) is 1. The van der Waals surface area contributed by atoms with E-state index in [2.05, 4.69) is 11.4 Å². The number of carbonyl (C=O) groups is 1. The number of aliphatic hydroxyl groups excluding tert-OH is 1. The molecular formula is C17H18ClFN2O4S. The van der Waals surface area contributed by atoms with E-state index in [1.54, 1.807) is 0 Å². The molecule has 0 saturated heterocycles. The van der Waals surface area contributed by atoms with Gasteiger partial charge >= 0.3 is 0 Å². The van der Waals surface area contributed by atoms with Gasteiger partial charge in [0.25, 0.3) is 0 Å². The lowest BCUT2D eigenvalue weighted by molar-refractivity contribution is -0.127. The van der Waals surface area contributed by atoms with Crippen LogP contribution in [-0.2, 0) is 14.6 Å². The molecule has 1 aromatic carbocycles. The SMILES string of the molecule is N#CC1(NC(=O)[C@@H]2CC(S(=O)(=O)c3ccc(F)cc3Cl)C[C@H]2CO)CC1. The molecule has 2 aliphatic rings. The largest absolute Gasteiger partial charge is 0.396 e. The van der Waals surface area contributed by atoms with Crippen molar-refractivity contribution in [2.75, 3.05) is 6.61 Å². The van der Waals surface area contributed by atoms with Gasteiger partial charge in [-0.25, -0.2) is 12.8 Å². The maximum absolute atomic E-state index is 13.2. The van der Waals surface area contributed by atoms with Crippen molar-refractivity contribution in [3.63, 3.8) is 0 Å². The topological polar surface area (TPSA) is 107 Å². The zero-order valence-electron chi connectivity index (χ0n) is 13.8. The Bertz CT molecular complexity index is 879. The number of carbonyl (C=O) groups excluding carboxylic acids is 1. The second kappa shape index (κ2) is 6.80. The van der Waals surface area contributed by atoms with Crippen LogP contribution < -0.4 is 5.32 Å². The van der Waals surface area contributed by atoms with Crippen molar-refractivity contribution in [1.82, 2.24) is 5.32 Å². The minimum Gasteiger partial charge on any atom is -0.396 e. The van der Waals surface area contributed by atoms with Gasteiger partial charge in [0.2, 0.25) is 5.91 Å². The zero-order valence-corrected chi connectivity index (χ0v) is 15.4. The van der Waals surface area contributed by atoms with E-state index in [4.69, 9.17) is 16.9 Å². The number of hydrogen-bond acceptors (Lipinski definition) is 5. The van der Waals surface area contributed by atoms with Crippen LogP contribution >= 0.6 is 11.6 Å². The Morgan fingerprint density at radius 3 is 2.65 bits per heavy atom. The van der Waals surface area contributed by atoms with Crippen LogP contribution in [0, 0.1) is 29.0 Å². The number of rotatable bonds is 5. The Labute approximate surface area is 155 Å². The van der Waals surface area contributed by atoms with Crippen LogP contribution in [0.25, 0.3) is 0 Å². The predicted octanol–water partition coefficient (Wildman–Crippen LogP) is 1.81.